The zero-order valence-corrected chi connectivity index (χ0v) is 25.7. The Kier molecular flexibility index (Phi) is 26.1. The average Bonchev–Trinajstić information content (AvgIpc) is 2.89. The molecule has 0 radical (unpaired) electrons. The van der Waals surface area contributed by atoms with Gasteiger partial charge in [-0.1, -0.05) is 116 Å². The van der Waals surface area contributed by atoms with Gasteiger partial charge in [-0.2, -0.15) is 0 Å². The molecular weight excluding hydrogens is 519 g/mol. The van der Waals surface area contributed by atoms with Crippen LogP contribution in [0.1, 0.15) is 149 Å². The number of hydrogen-bond acceptors (Lipinski definition) is 6. The van der Waals surface area contributed by atoms with Crippen molar-refractivity contribution in [3.8, 4) is 0 Å². The number of rotatable bonds is 28. The van der Waals surface area contributed by atoms with Gasteiger partial charge in [0.25, 0.3) is 0 Å². The molecule has 0 aliphatic carbocycles. The van der Waals surface area contributed by atoms with E-state index in [1.165, 1.54) is 51.4 Å². The van der Waals surface area contributed by atoms with E-state index in [0.29, 0.717) is 12.8 Å². The fourth-order valence-electron chi connectivity index (χ4n) is 4.18. The Morgan fingerprint density at radius 2 is 1.10 bits per heavy atom. The number of carbonyl (C=O) groups excluding carboxylic acids is 2. The maximum atomic E-state index is 12.2. The number of ether oxygens (including phenoxy) is 2. The number of allylic oxidation sites excluding steroid dienone is 2. The van der Waals surface area contributed by atoms with E-state index in [9.17, 15) is 14.2 Å². The summed E-state index contributed by atoms with van der Waals surface area (Å²) in [5, 5.41) is 0. The third kappa shape index (κ3) is 29.6. The van der Waals surface area contributed by atoms with Crippen LogP contribution >= 0.6 is 7.82 Å². The zero-order chi connectivity index (χ0) is 29.0. The highest BCUT2D eigenvalue weighted by Crippen LogP contribution is 2.35. The van der Waals surface area contributed by atoms with Gasteiger partial charge in [-0.3, -0.25) is 14.1 Å². The van der Waals surface area contributed by atoms with Gasteiger partial charge in [-0.15, -0.1) is 0 Å². The summed E-state index contributed by atoms with van der Waals surface area (Å²) in [7, 11) is -4.73. The van der Waals surface area contributed by atoms with Crippen LogP contribution in [0.5, 0.6) is 0 Å². The number of esters is 2. The minimum Gasteiger partial charge on any atom is -0.462 e. The molecule has 0 aromatic carbocycles. The second-order valence-corrected chi connectivity index (χ2v) is 11.7. The van der Waals surface area contributed by atoms with E-state index in [-0.39, 0.29) is 19.4 Å². The lowest BCUT2D eigenvalue weighted by atomic mass is 10.1. The molecule has 0 saturated heterocycles. The molecule has 0 unspecified atom stereocenters. The van der Waals surface area contributed by atoms with Gasteiger partial charge in [-0.25, -0.2) is 4.57 Å². The van der Waals surface area contributed by atoms with Crippen LogP contribution in [-0.2, 0) is 28.2 Å². The average molecular weight is 577 g/mol. The normalized spacial score (nSPS) is 12.6. The van der Waals surface area contributed by atoms with Crippen LogP contribution in [0.3, 0.4) is 0 Å². The van der Waals surface area contributed by atoms with E-state index in [4.69, 9.17) is 19.3 Å². The summed E-state index contributed by atoms with van der Waals surface area (Å²) in [4.78, 5) is 42.3. The largest absolute Gasteiger partial charge is 0.469 e. The summed E-state index contributed by atoms with van der Waals surface area (Å²) in [6.07, 6.45) is 25.1. The monoisotopic (exact) mass is 576 g/mol. The summed E-state index contributed by atoms with van der Waals surface area (Å²) in [6.45, 7) is 3.59. The lowest BCUT2D eigenvalue weighted by Gasteiger charge is -2.18. The van der Waals surface area contributed by atoms with Crippen LogP contribution in [0.15, 0.2) is 12.2 Å². The number of carbonyl (C=O) groups is 2. The van der Waals surface area contributed by atoms with Crippen molar-refractivity contribution in [2.75, 3.05) is 13.2 Å². The number of phosphoric ester groups is 1. The standard InChI is InChI=1S/C30H57O8P/c1-3-5-7-9-11-13-15-17-18-20-22-24-29(31)36-26-28(27-37-39(33,34)35)38-30(32)25-23-21-19-16-14-12-10-8-6-4-2/h9,11,28H,3-8,10,12-27H2,1-2H3,(H2,33,34,35)/b11-9+/t28-/m1/s1. The molecule has 0 aliphatic heterocycles. The van der Waals surface area contributed by atoms with E-state index >= 15 is 0 Å². The smallest absolute Gasteiger partial charge is 0.462 e. The highest BCUT2D eigenvalue weighted by atomic mass is 31.2. The highest BCUT2D eigenvalue weighted by Gasteiger charge is 2.22. The molecule has 0 bridgehead atoms. The van der Waals surface area contributed by atoms with Crippen LogP contribution in [0.4, 0.5) is 0 Å². The number of hydrogen-bond donors (Lipinski definition) is 2. The van der Waals surface area contributed by atoms with Crippen LogP contribution in [-0.4, -0.2) is 41.0 Å². The van der Waals surface area contributed by atoms with Gasteiger partial charge in [0.1, 0.15) is 6.61 Å². The van der Waals surface area contributed by atoms with Crippen LogP contribution in [0.2, 0.25) is 0 Å². The fourth-order valence-corrected chi connectivity index (χ4v) is 4.54. The third-order valence-corrected chi connectivity index (χ3v) is 7.02. The molecule has 8 nitrogen and oxygen atoms in total. The topological polar surface area (TPSA) is 119 Å². The van der Waals surface area contributed by atoms with Crippen molar-refractivity contribution in [1.82, 2.24) is 0 Å². The zero-order valence-electron chi connectivity index (χ0n) is 24.8. The van der Waals surface area contributed by atoms with E-state index in [0.717, 1.165) is 57.8 Å². The molecule has 0 aliphatic rings. The van der Waals surface area contributed by atoms with Gasteiger partial charge in [0, 0.05) is 12.8 Å². The SMILES string of the molecule is CCCC/C=C/CCCCCCCC(=O)OC[C@H](COP(=O)(O)O)OC(=O)CCCCCCCCCCCC. The van der Waals surface area contributed by atoms with Gasteiger partial charge in [-0.05, 0) is 32.1 Å². The summed E-state index contributed by atoms with van der Waals surface area (Å²) < 4.78 is 26.1. The lowest BCUT2D eigenvalue weighted by molar-refractivity contribution is -0.161. The van der Waals surface area contributed by atoms with Gasteiger partial charge in [0.2, 0.25) is 0 Å². The molecule has 0 rings (SSSR count). The van der Waals surface area contributed by atoms with Gasteiger partial charge < -0.3 is 19.3 Å². The summed E-state index contributed by atoms with van der Waals surface area (Å²) in [6, 6.07) is 0. The Hall–Kier alpha value is -1.21. The predicted molar refractivity (Wildman–Crippen MR) is 156 cm³/mol. The fraction of sp³-hybridized carbons (Fsp3) is 0.867. The lowest BCUT2D eigenvalue weighted by Crippen LogP contribution is -2.29. The van der Waals surface area contributed by atoms with E-state index in [1.54, 1.807) is 0 Å². The Morgan fingerprint density at radius 1 is 0.641 bits per heavy atom. The molecule has 0 spiro atoms. The Morgan fingerprint density at radius 3 is 1.64 bits per heavy atom. The molecule has 0 heterocycles. The molecule has 230 valence electrons. The van der Waals surface area contributed by atoms with Gasteiger partial charge in [0.15, 0.2) is 6.10 Å². The third-order valence-electron chi connectivity index (χ3n) is 6.53. The van der Waals surface area contributed by atoms with Gasteiger partial charge >= 0.3 is 19.8 Å². The minimum absolute atomic E-state index is 0.214. The molecule has 9 heteroatoms. The van der Waals surface area contributed by atoms with Crippen LogP contribution < -0.4 is 0 Å². The number of phosphoric acid groups is 1. The molecule has 39 heavy (non-hydrogen) atoms. The van der Waals surface area contributed by atoms with Crippen molar-refractivity contribution in [1.29, 1.82) is 0 Å². The molecule has 1 atom stereocenters. The number of unbranched alkanes of at least 4 members (excludes halogenated alkanes) is 16. The molecule has 0 saturated carbocycles. The van der Waals surface area contributed by atoms with E-state index in [1.807, 2.05) is 0 Å². The Bertz CT molecular complexity index is 661. The summed E-state index contributed by atoms with van der Waals surface area (Å²) in [5.41, 5.74) is 0. The highest BCUT2D eigenvalue weighted by molar-refractivity contribution is 7.46. The first-order valence-electron chi connectivity index (χ1n) is 15.5. The first-order chi connectivity index (χ1) is 18.8. The first-order valence-corrected chi connectivity index (χ1v) is 17.0. The Labute approximate surface area is 237 Å². The van der Waals surface area contributed by atoms with Crippen LogP contribution in [0.25, 0.3) is 0 Å². The minimum atomic E-state index is -4.73. The molecule has 0 amide bonds. The van der Waals surface area contributed by atoms with E-state index in [2.05, 4.69) is 30.5 Å². The van der Waals surface area contributed by atoms with Crippen LogP contribution in [0, 0.1) is 0 Å². The molecular formula is C30H57O8P. The predicted octanol–water partition coefficient (Wildman–Crippen LogP) is 8.34. The molecule has 2 N–H and O–H groups in total. The van der Waals surface area contributed by atoms with Crippen molar-refractivity contribution >= 4 is 19.8 Å². The molecule has 0 fully saturated rings. The summed E-state index contributed by atoms with van der Waals surface area (Å²) in [5.74, 6) is -0.897. The van der Waals surface area contributed by atoms with Crippen molar-refractivity contribution in [3.05, 3.63) is 12.2 Å². The van der Waals surface area contributed by atoms with Crippen molar-refractivity contribution in [3.63, 3.8) is 0 Å². The van der Waals surface area contributed by atoms with Crippen molar-refractivity contribution < 1.29 is 37.9 Å². The first kappa shape index (κ1) is 37.8. The van der Waals surface area contributed by atoms with Crippen molar-refractivity contribution in [2.45, 2.75) is 155 Å². The molecule has 0 aromatic rings. The van der Waals surface area contributed by atoms with Gasteiger partial charge in [0.05, 0.1) is 6.61 Å². The summed E-state index contributed by atoms with van der Waals surface area (Å²) >= 11 is 0. The van der Waals surface area contributed by atoms with Crippen molar-refractivity contribution in [2.24, 2.45) is 0 Å². The molecule has 0 aromatic heterocycles. The quantitative estimate of drug-likeness (QED) is 0.0413. The maximum Gasteiger partial charge on any atom is 0.469 e. The maximum absolute atomic E-state index is 12.2. The second-order valence-electron chi connectivity index (χ2n) is 10.4. The van der Waals surface area contributed by atoms with E-state index < -0.39 is 32.5 Å². The Balaban J connectivity index is 4.06. The second kappa shape index (κ2) is 27.0.